The molecule has 4 aromatic rings. The summed E-state index contributed by atoms with van der Waals surface area (Å²) in [5.41, 5.74) is 11.3. The van der Waals surface area contributed by atoms with Gasteiger partial charge in [0, 0.05) is 61.2 Å². The third kappa shape index (κ3) is 5.31. The summed E-state index contributed by atoms with van der Waals surface area (Å²) in [7, 11) is 1.79. The summed E-state index contributed by atoms with van der Waals surface area (Å²) in [4.78, 5) is 15.0. The highest BCUT2D eigenvalue weighted by Crippen LogP contribution is 2.32. The number of nitrogen functional groups attached to an aromatic ring is 1. The third-order valence-electron chi connectivity index (χ3n) is 5.37. The van der Waals surface area contributed by atoms with Crippen LogP contribution in [0.2, 0.25) is 0 Å². The lowest BCUT2D eigenvalue weighted by molar-refractivity contribution is 0.121. The number of hydrogen-bond donors (Lipinski definition) is 2. The predicted octanol–water partition coefficient (Wildman–Crippen LogP) is 4.57. The standard InChI is InChI=1S/C20H22N4O.C5H6N2/c1-14-10-20(24-9-7-17(13-24)25-2)18-6-5-15(11-19(18)22-14)23-16-4-3-8-21-12-16;6-5-2-1-3-7-4-5/h3-6,8,10-12,17,23H,7,9,13H2,1-2H3;1-4H,6H2/t17-;/m0./s1. The van der Waals surface area contributed by atoms with Crippen LogP contribution in [0.15, 0.2) is 73.3 Å². The quantitative estimate of drug-likeness (QED) is 0.492. The highest BCUT2D eigenvalue weighted by atomic mass is 16.5. The van der Waals surface area contributed by atoms with Crippen molar-refractivity contribution in [1.29, 1.82) is 0 Å². The van der Waals surface area contributed by atoms with Crippen molar-refractivity contribution in [3.63, 3.8) is 0 Å². The molecule has 0 radical (unpaired) electrons. The maximum Gasteiger partial charge on any atom is 0.0762 e. The first kappa shape index (κ1) is 21.5. The van der Waals surface area contributed by atoms with Gasteiger partial charge in [-0.3, -0.25) is 15.0 Å². The first-order valence-electron chi connectivity index (χ1n) is 10.6. The molecular formula is C25H28N6O. The number of nitrogens with two attached hydrogens (primary N) is 1. The fourth-order valence-corrected chi connectivity index (χ4v) is 3.80. The summed E-state index contributed by atoms with van der Waals surface area (Å²) >= 11 is 0. The molecule has 1 aromatic carbocycles. The Morgan fingerprint density at radius 3 is 2.47 bits per heavy atom. The highest BCUT2D eigenvalue weighted by molar-refractivity contribution is 5.94. The summed E-state index contributed by atoms with van der Waals surface area (Å²) < 4.78 is 5.52. The number of hydrogen-bond acceptors (Lipinski definition) is 7. The van der Waals surface area contributed by atoms with Gasteiger partial charge in [-0.15, -0.1) is 0 Å². The molecular weight excluding hydrogens is 400 g/mol. The van der Waals surface area contributed by atoms with E-state index in [1.165, 1.54) is 11.1 Å². The molecule has 1 aliphatic rings. The lowest BCUT2D eigenvalue weighted by Crippen LogP contribution is -2.22. The van der Waals surface area contributed by atoms with Gasteiger partial charge >= 0.3 is 0 Å². The van der Waals surface area contributed by atoms with Crippen molar-refractivity contribution >= 4 is 33.7 Å². The minimum Gasteiger partial charge on any atom is -0.397 e. The maximum atomic E-state index is 5.52. The number of methoxy groups -OCH3 is 1. The monoisotopic (exact) mass is 428 g/mol. The summed E-state index contributed by atoms with van der Waals surface area (Å²) in [6, 6.07) is 16.0. The second-order valence-electron chi connectivity index (χ2n) is 7.76. The molecule has 7 nitrogen and oxygen atoms in total. The van der Waals surface area contributed by atoms with Gasteiger partial charge in [-0.1, -0.05) is 0 Å². The Morgan fingerprint density at radius 1 is 1.03 bits per heavy atom. The van der Waals surface area contributed by atoms with Gasteiger partial charge < -0.3 is 20.7 Å². The molecule has 0 amide bonds. The van der Waals surface area contributed by atoms with Gasteiger partial charge in [-0.05, 0) is 61.9 Å². The van der Waals surface area contributed by atoms with Crippen molar-refractivity contribution in [3.05, 3.63) is 79.0 Å². The van der Waals surface area contributed by atoms with E-state index >= 15 is 0 Å². The van der Waals surface area contributed by atoms with Gasteiger partial charge in [0.1, 0.15) is 0 Å². The third-order valence-corrected chi connectivity index (χ3v) is 5.37. The van der Waals surface area contributed by atoms with E-state index in [2.05, 4.69) is 44.5 Å². The molecule has 4 heterocycles. The summed E-state index contributed by atoms with van der Waals surface area (Å²) in [5.74, 6) is 0. The minimum absolute atomic E-state index is 0.315. The molecule has 0 bridgehead atoms. The second kappa shape index (κ2) is 10.1. The highest BCUT2D eigenvalue weighted by Gasteiger charge is 2.24. The van der Waals surface area contributed by atoms with Crippen molar-refractivity contribution in [1.82, 2.24) is 15.0 Å². The zero-order valence-electron chi connectivity index (χ0n) is 18.4. The molecule has 1 atom stereocenters. The largest absolute Gasteiger partial charge is 0.397 e. The summed E-state index contributed by atoms with van der Waals surface area (Å²) in [6.45, 7) is 4.01. The predicted molar refractivity (Wildman–Crippen MR) is 130 cm³/mol. The van der Waals surface area contributed by atoms with Crippen LogP contribution in [-0.4, -0.2) is 41.3 Å². The van der Waals surface area contributed by atoms with Gasteiger partial charge in [-0.2, -0.15) is 0 Å². The number of fused-ring (bicyclic) bond motifs is 1. The van der Waals surface area contributed by atoms with Crippen LogP contribution in [0.25, 0.3) is 10.9 Å². The summed E-state index contributed by atoms with van der Waals surface area (Å²) in [5, 5.41) is 4.56. The number of anilines is 4. The Labute approximate surface area is 188 Å². The number of ether oxygens (including phenoxy) is 1. The Bertz CT molecular complexity index is 1150. The van der Waals surface area contributed by atoms with Crippen LogP contribution in [0.3, 0.4) is 0 Å². The number of pyridine rings is 3. The first-order valence-corrected chi connectivity index (χ1v) is 10.6. The van der Waals surface area contributed by atoms with Crippen molar-refractivity contribution in [2.45, 2.75) is 19.4 Å². The molecule has 164 valence electrons. The van der Waals surface area contributed by atoms with E-state index in [0.717, 1.165) is 42.1 Å². The molecule has 0 spiro atoms. The zero-order valence-corrected chi connectivity index (χ0v) is 18.4. The molecule has 32 heavy (non-hydrogen) atoms. The summed E-state index contributed by atoms with van der Waals surface area (Å²) in [6.07, 6.45) is 8.27. The van der Waals surface area contributed by atoms with Gasteiger partial charge in [0.2, 0.25) is 0 Å². The minimum atomic E-state index is 0.315. The van der Waals surface area contributed by atoms with Crippen molar-refractivity contribution in [3.8, 4) is 0 Å². The van der Waals surface area contributed by atoms with Crippen LogP contribution in [0.1, 0.15) is 12.1 Å². The van der Waals surface area contributed by atoms with Crippen LogP contribution in [-0.2, 0) is 4.74 Å². The number of aryl methyl sites for hydroxylation is 1. The number of nitrogens with zero attached hydrogens (tertiary/aromatic N) is 4. The molecule has 1 fully saturated rings. The topological polar surface area (TPSA) is 89.2 Å². The van der Waals surface area contributed by atoms with Crippen LogP contribution in [0.4, 0.5) is 22.7 Å². The van der Waals surface area contributed by atoms with E-state index in [0.29, 0.717) is 11.8 Å². The lowest BCUT2D eigenvalue weighted by Gasteiger charge is -2.21. The Kier molecular flexibility index (Phi) is 6.77. The van der Waals surface area contributed by atoms with Crippen LogP contribution in [0, 0.1) is 6.92 Å². The Morgan fingerprint density at radius 2 is 1.84 bits per heavy atom. The fourth-order valence-electron chi connectivity index (χ4n) is 3.80. The molecule has 1 saturated heterocycles. The molecule has 3 aromatic heterocycles. The van der Waals surface area contributed by atoms with Crippen LogP contribution < -0.4 is 16.0 Å². The van der Waals surface area contributed by atoms with Crippen LogP contribution in [0.5, 0.6) is 0 Å². The molecule has 0 aliphatic carbocycles. The average molecular weight is 429 g/mol. The van der Waals surface area contributed by atoms with E-state index in [4.69, 9.17) is 15.5 Å². The van der Waals surface area contributed by atoms with Crippen LogP contribution >= 0.6 is 0 Å². The number of benzene rings is 1. The van der Waals surface area contributed by atoms with E-state index < -0.39 is 0 Å². The van der Waals surface area contributed by atoms with Crippen molar-refractivity contribution in [2.24, 2.45) is 0 Å². The average Bonchev–Trinajstić information content (AvgIpc) is 3.29. The first-order chi connectivity index (χ1) is 15.6. The SMILES string of the molecule is CO[C@H]1CCN(c2cc(C)nc3cc(Nc4cccnc4)ccc23)C1.Nc1cccnc1. The van der Waals surface area contributed by atoms with E-state index in [1.807, 2.05) is 25.3 Å². The number of aromatic nitrogens is 3. The van der Waals surface area contributed by atoms with Crippen molar-refractivity contribution < 1.29 is 4.74 Å². The molecule has 0 unspecified atom stereocenters. The van der Waals surface area contributed by atoms with Gasteiger partial charge in [0.05, 0.1) is 29.2 Å². The zero-order chi connectivity index (χ0) is 22.3. The molecule has 7 heteroatoms. The number of rotatable bonds is 4. The van der Waals surface area contributed by atoms with E-state index in [-0.39, 0.29) is 0 Å². The van der Waals surface area contributed by atoms with Gasteiger partial charge in [0.25, 0.3) is 0 Å². The Hall–Kier alpha value is -3.71. The Balaban J connectivity index is 0.000000300. The van der Waals surface area contributed by atoms with Gasteiger partial charge in [0.15, 0.2) is 0 Å². The molecule has 5 rings (SSSR count). The smallest absolute Gasteiger partial charge is 0.0762 e. The second-order valence-corrected chi connectivity index (χ2v) is 7.76. The normalized spacial score (nSPS) is 15.3. The van der Waals surface area contributed by atoms with Gasteiger partial charge in [-0.25, -0.2) is 0 Å². The molecule has 1 aliphatic heterocycles. The van der Waals surface area contributed by atoms with E-state index in [1.54, 1.807) is 37.8 Å². The molecule has 0 saturated carbocycles. The molecule has 3 N–H and O–H groups in total. The lowest BCUT2D eigenvalue weighted by atomic mass is 10.1. The maximum absolute atomic E-state index is 5.52. The number of nitrogens with one attached hydrogen (secondary N) is 1. The fraction of sp³-hybridized carbons (Fsp3) is 0.240. The van der Waals surface area contributed by atoms with Crippen molar-refractivity contribution in [2.75, 3.05) is 36.1 Å². The van der Waals surface area contributed by atoms with E-state index in [9.17, 15) is 0 Å².